The van der Waals surface area contributed by atoms with Crippen LogP contribution in [0.2, 0.25) is 5.02 Å². The van der Waals surface area contributed by atoms with Gasteiger partial charge in [-0.05, 0) is 19.1 Å². The second-order valence-electron chi connectivity index (χ2n) is 3.42. The van der Waals surface area contributed by atoms with E-state index < -0.39 is 0 Å². The van der Waals surface area contributed by atoms with Crippen molar-refractivity contribution in [1.82, 2.24) is 14.8 Å². The topological polar surface area (TPSA) is 42.7 Å². The van der Waals surface area contributed by atoms with Gasteiger partial charge in [-0.2, -0.15) is 5.10 Å². The third kappa shape index (κ3) is 2.73. The van der Waals surface area contributed by atoms with E-state index in [1.54, 1.807) is 18.3 Å². The molecule has 0 saturated carbocycles. The van der Waals surface area contributed by atoms with Crippen LogP contribution in [-0.4, -0.2) is 14.8 Å². The van der Waals surface area contributed by atoms with E-state index >= 15 is 0 Å². The van der Waals surface area contributed by atoms with Gasteiger partial charge in [0.05, 0.1) is 6.20 Å². The minimum atomic E-state index is 0.682. The summed E-state index contributed by atoms with van der Waals surface area (Å²) in [6, 6.07) is 3.55. The lowest BCUT2D eigenvalue weighted by Crippen LogP contribution is -2.00. The molecule has 2 aromatic rings. The number of anilines is 1. The molecule has 0 spiro atoms. The molecule has 1 N–H and O–H groups in total. The average molecular weight is 237 g/mol. The Bertz CT molecular complexity index is 467. The summed E-state index contributed by atoms with van der Waals surface area (Å²) in [6.07, 6.45) is 5.54. The van der Waals surface area contributed by atoms with Gasteiger partial charge in [-0.15, -0.1) is 0 Å². The molecular weight excluding hydrogens is 224 g/mol. The van der Waals surface area contributed by atoms with Crippen LogP contribution in [0, 0.1) is 0 Å². The summed E-state index contributed by atoms with van der Waals surface area (Å²) in [5, 5.41) is 8.07. The van der Waals surface area contributed by atoms with Crippen molar-refractivity contribution < 1.29 is 0 Å². The highest BCUT2D eigenvalue weighted by Gasteiger charge is 1.98. The zero-order valence-corrected chi connectivity index (χ0v) is 9.78. The standard InChI is InChI=1S/C11H13ClN4/c1-2-16-8-9(7-15-16)6-14-11-5-10(12)3-4-13-11/h3-5,7-8H,2,6H2,1H3,(H,13,14). The van der Waals surface area contributed by atoms with Crippen LogP contribution in [-0.2, 0) is 13.1 Å². The van der Waals surface area contributed by atoms with Gasteiger partial charge in [0.1, 0.15) is 5.82 Å². The number of nitrogens with zero attached hydrogens (tertiary/aromatic N) is 3. The molecule has 0 radical (unpaired) electrons. The first-order chi connectivity index (χ1) is 7.78. The van der Waals surface area contributed by atoms with E-state index in [4.69, 9.17) is 11.6 Å². The lowest BCUT2D eigenvalue weighted by atomic mass is 10.3. The molecule has 0 saturated heterocycles. The second-order valence-corrected chi connectivity index (χ2v) is 3.85. The molecule has 0 atom stereocenters. The molecule has 0 aliphatic heterocycles. The quantitative estimate of drug-likeness (QED) is 0.887. The van der Waals surface area contributed by atoms with E-state index in [1.807, 2.05) is 17.1 Å². The third-order valence-corrected chi connectivity index (χ3v) is 2.44. The van der Waals surface area contributed by atoms with Crippen LogP contribution < -0.4 is 5.32 Å². The van der Waals surface area contributed by atoms with E-state index in [0.29, 0.717) is 11.6 Å². The van der Waals surface area contributed by atoms with E-state index in [-0.39, 0.29) is 0 Å². The predicted molar refractivity (Wildman–Crippen MR) is 64.5 cm³/mol. The number of pyridine rings is 1. The summed E-state index contributed by atoms with van der Waals surface area (Å²) in [5.74, 6) is 0.775. The van der Waals surface area contributed by atoms with Crippen LogP contribution in [0.3, 0.4) is 0 Å². The Labute approximate surface area is 99.3 Å². The summed E-state index contributed by atoms with van der Waals surface area (Å²) in [5.41, 5.74) is 1.13. The van der Waals surface area contributed by atoms with Crippen molar-refractivity contribution in [1.29, 1.82) is 0 Å². The summed E-state index contributed by atoms with van der Waals surface area (Å²) in [4.78, 5) is 4.16. The van der Waals surface area contributed by atoms with E-state index in [9.17, 15) is 0 Å². The Hall–Kier alpha value is -1.55. The lowest BCUT2D eigenvalue weighted by Gasteiger charge is -2.03. The molecule has 0 fully saturated rings. The van der Waals surface area contributed by atoms with Gasteiger partial charge in [0.25, 0.3) is 0 Å². The maximum atomic E-state index is 5.86. The molecule has 16 heavy (non-hydrogen) atoms. The van der Waals surface area contributed by atoms with Crippen molar-refractivity contribution in [2.24, 2.45) is 0 Å². The largest absolute Gasteiger partial charge is 0.366 e. The van der Waals surface area contributed by atoms with Crippen LogP contribution in [0.25, 0.3) is 0 Å². The molecule has 0 aliphatic carbocycles. The van der Waals surface area contributed by atoms with Crippen LogP contribution in [0.15, 0.2) is 30.7 Å². The number of hydrogen-bond acceptors (Lipinski definition) is 3. The molecule has 0 aliphatic rings. The van der Waals surface area contributed by atoms with Gasteiger partial charge in [-0.25, -0.2) is 4.98 Å². The fraction of sp³-hybridized carbons (Fsp3) is 0.273. The summed E-state index contributed by atoms with van der Waals surface area (Å²) >= 11 is 5.86. The number of rotatable bonds is 4. The molecular formula is C11H13ClN4. The van der Waals surface area contributed by atoms with Crippen molar-refractivity contribution in [2.75, 3.05) is 5.32 Å². The summed E-state index contributed by atoms with van der Waals surface area (Å²) < 4.78 is 1.89. The van der Waals surface area contributed by atoms with Crippen LogP contribution in [0.1, 0.15) is 12.5 Å². The number of aromatic nitrogens is 3. The van der Waals surface area contributed by atoms with Crippen LogP contribution in [0.4, 0.5) is 5.82 Å². The van der Waals surface area contributed by atoms with Crippen molar-refractivity contribution in [3.05, 3.63) is 41.3 Å². The lowest BCUT2D eigenvalue weighted by molar-refractivity contribution is 0.659. The highest BCUT2D eigenvalue weighted by molar-refractivity contribution is 6.30. The smallest absolute Gasteiger partial charge is 0.127 e. The Morgan fingerprint density at radius 1 is 1.50 bits per heavy atom. The van der Waals surface area contributed by atoms with Gasteiger partial charge in [-0.3, -0.25) is 4.68 Å². The maximum Gasteiger partial charge on any atom is 0.127 e. The average Bonchev–Trinajstić information content (AvgIpc) is 2.74. The zero-order chi connectivity index (χ0) is 11.4. The van der Waals surface area contributed by atoms with Gasteiger partial charge in [0.15, 0.2) is 0 Å². The molecule has 4 nitrogen and oxygen atoms in total. The monoisotopic (exact) mass is 236 g/mol. The number of aryl methyl sites for hydroxylation is 1. The fourth-order valence-corrected chi connectivity index (χ4v) is 1.52. The number of hydrogen-bond donors (Lipinski definition) is 1. The third-order valence-electron chi connectivity index (χ3n) is 2.21. The van der Waals surface area contributed by atoms with Gasteiger partial charge >= 0.3 is 0 Å². The SMILES string of the molecule is CCn1cc(CNc2cc(Cl)ccn2)cn1. The van der Waals surface area contributed by atoms with Crippen LogP contribution >= 0.6 is 11.6 Å². The van der Waals surface area contributed by atoms with Gasteiger partial charge < -0.3 is 5.32 Å². The first-order valence-electron chi connectivity index (χ1n) is 5.14. The Balaban J connectivity index is 1.96. The summed E-state index contributed by atoms with van der Waals surface area (Å²) in [6.45, 7) is 3.64. The molecule has 0 aromatic carbocycles. The van der Waals surface area contributed by atoms with Gasteiger partial charge in [0.2, 0.25) is 0 Å². The number of nitrogens with one attached hydrogen (secondary N) is 1. The first kappa shape index (κ1) is 11.0. The van der Waals surface area contributed by atoms with E-state index in [2.05, 4.69) is 22.3 Å². The molecule has 0 bridgehead atoms. The van der Waals surface area contributed by atoms with Crippen molar-refractivity contribution in [3.63, 3.8) is 0 Å². The van der Waals surface area contributed by atoms with Crippen molar-refractivity contribution >= 4 is 17.4 Å². The zero-order valence-electron chi connectivity index (χ0n) is 9.02. The molecule has 2 aromatic heterocycles. The molecule has 5 heteroatoms. The normalized spacial score (nSPS) is 10.4. The second kappa shape index (κ2) is 4.99. The first-order valence-corrected chi connectivity index (χ1v) is 5.52. The fourth-order valence-electron chi connectivity index (χ4n) is 1.36. The minimum Gasteiger partial charge on any atom is -0.366 e. The Kier molecular flexibility index (Phi) is 3.41. The number of halogens is 1. The predicted octanol–water partition coefficient (Wildman–Crippen LogP) is 2.56. The van der Waals surface area contributed by atoms with Gasteiger partial charge in [-0.1, -0.05) is 11.6 Å². The highest BCUT2D eigenvalue weighted by atomic mass is 35.5. The Morgan fingerprint density at radius 3 is 3.06 bits per heavy atom. The molecule has 0 unspecified atom stereocenters. The summed E-state index contributed by atoms with van der Waals surface area (Å²) in [7, 11) is 0. The molecule has 0 amide bonds. The molecule has 2 heterocycles. The molecule has 84 valence electrons. The molecule has 2 rings (SSSR count). The minimum absolute atomic E-state index is 0.682. The van der Waals surface area contributed by atoms with E-state index in [1.165, 1.54) is 0 Å². The van der Waals surface area contributed by atoms with Crippen molar-refractivity contribution in [2.45, 2.75) is 20.0 Å². The van der Waals surface area contributed by atoms with E-state index in [0.717, 1.165) is 17.9 Å². The van der Waals surface area contributed by atoms with Gasteiger partial charge in [0, 0.05) is 36.1 Å². The maximum absolute atomic E-state index is 5.86. The van der Waals surface area contributed by atoms with Crippen LogP contribution in [0.5, 0.6) is 0 Å². The Morgan fingerprint density at radius 2 is 2.38 bits per heavy atom. The van der Waals surface area contributed by atoms with Crippen molar-refractivity contribution in [3.8, 4) is 0 Å². The highest BCUT2D eigenvalue weighted by Crippen LogP contribution is 2.12.